The fraction of sp³-hybridized carbons (Fsp3) is 0. The average Bonchev–Trinajstić information content (AvgIpc) is 3.90. The smallest absolute Gasteiger partial charge is 0.238 e. The lowest BCUT2D eigenvalue weighted by atomic mass is 9.96. The van der Waals surface area contributed by atoms with E-state index in [0.29, 0.717) is 11.7 Å². The summed E-state index contributed by atoms with van der Waals surface area (Å²) >= 11 is 1.86. The van der Waals surface area contributed by atoms with Crippen molar-refractivity contribution in [2.24, 2.45) is 0 Å². The van der Waals surface area contributed by atoms with E-state index in [0.717, 1.165) is 44.2 Å². The Labute approximate surface area is 306 Å². The number of hydrogen-bond donors (Lipinski definition) is 0. The van der Waals surface area contributed by atoms with Crippen molar-refractivity contribution >= 4 is 96.9 Å². The van der Waals surface area contributed by atoms with Crippen LogP contribution in [-0.4, -0.2) is 14.5 Å². The lowest BCUT2D eigenvalue weighted by Gasteiger charge is -2.12. The third kappa shape index (κ3) is 4.05. The topological polar surface area (TPSA) is 43.9 Å². The average molecular weight is 694 g/mol. The van der Waals surface area contributed by atoms with Gasteiger partial charge in [-0.05, 0) is 45.5 Å². The van der Waals surface area contributed by atoms with E-state index in [2.05, 4.69) is 150 Å². The molecule has 246 valence electrons. The molecule has 4 heterocycles. The summed E-state index contributed by atoms with van der Waals surface area (Å²) in [7, 11) is 0. The van der Waals surface area contributed by atoms with Gasteiger partial charge in [0.2, 0.25) is 11.7 Å². The predicted molar refractivity (Wildman–Crippen MR) is 222 cm³/mol. The number of benzene rings is 8. The number of fused-ring (bicyclic) bond motifs is 14. The molecule has 0 aliphatic heterocycles. The van der Waals surface area contributed by atoms with E-state index < -0.39 is 0 Å². The molecular formula is C48H27N3OS. The molecule has 0 atom stereocenters. The summed E-state index contributed by atoms with van der Waals surface area (Å²) in [6, 6.07) is 58.2. The molecule has 4 nitrogen and oxygen atoms in total. The zero-order valence-electron chi connectivity index (χ0n) is 28.2. The van der Waals surface area contributed by atoms with Gasteiger partial charge in [-0.25, -0.2) is 4.98 Å². The first-order valence-electron chi connectivity index (χ1n) is 17.8. The molecule has 0 aliphatic carbocycles. The highest BCUT2D eigenvalue weighted by atomic mass is 32.1. The maximum Gasteiger partial charge on any atom is 0.238 e. The van der Waals surface area contributed by atoms with E-state index in [1.807, 2.05) is 29.5 Å². The van der Waals surface area contributed by atoms with Crippen molar-refractivity contribution in [1.82, 2.24) is 14.5 Å². The summed E-state index contributed by atoms with van der Waals surface area (Å²) in [6.07, 6.45) is 0. The summed E-state index contributed by atoms with van der Waals surface area (Å²) in [5.41, 5.74) is 7.75. The Hall–Kier alpha value is -6.82. The first-order valence-corrected chi connectivity index (χ1v) is 18.7. The molecule has 12 rings (SSSR count). The van der Waals surface area contributed by atoms with Crippen LogP contribution in [0.3, 0.4) is 0 Å². The molecule has 0 radical (unpaired) electrons. The number of rotatable bonds is 3. The second kappa shape index (κ2) is 10.8. The normalized spacial score (nSPS) is 12.2. The van der Waals surface area contributed by atoms with Gasteiger partial charge in [0.1, 0.15) is 5.58 Å². The van der Waals surface area contributed by atoms with Gasteiger partial charge in [-0.3, -0.25) is 4.57 Å². The molecule has 0 saturated heterocycles. The third-order valence-corrected chi connectivity index (χ3v) is 12.0. The van der Waals surface area contributed by atoms with Gasteiger partial charge in [-0.1, -0.05) is 146 Å². The van der Waals surface area contributed by atoms with Crippen molar-refractivity contribution in [3.8, 4) is 28.3 Å². The SMILES string of the molecule is c1ccc2c(-c3ccc(-c4nc(-n5c6ccccc6c6c7sc8ccccc8c7c7ccccc7c65)nc5oc6ccccc6c45)cc3)cccc2c1. The van der Waals surface area contributed by atoms with Gasteiger partial charge in [0.25, 0.3) is 0 Å². The van der Waals surface area contributed by atoms with Crippen LogP contribution in [-0.2, 0) is 0 Å². The van der Waals surface area contributed by atoms with Gasteiger partial charge in [0, 0.05) is 47.3 Å². The van der Waals surface area contributed by atoms with Crippen molar-refractivity contribution in [1.29, 1.82) is 0 Å². The van der Waals surface area contributed by atoms with Gasteiger partial charge >= 0.3 is 0 Å². The Morgan fingerprint density at radius 1 is 0.472 bits per heavy atom. The Morgan fingerprint density at radius 3 is 2.00 bits per heavy atom. The number of thiophene rings is 1. The van der Waals surface area contributed by atoms with Crippen LogP contribution in [0.15, 0.2) is 168 Å². The number of nitrogens with zero attached hydrogens (tertiary/aromatic N) is 3. The minimum Gasteiger partial charge on any atom is -0.437 e. The van der Waals surface area contributed by atoms with Crippen molar-refractivity contribution < 1.29 is 4.42 Å². The van der Waals surface area contributed by atoms with Crippen LogP contribution in [0.1, 0.15) is 0 Å². The number of furan rings is 1. The highest BCUT2D eigenvalue weighted by molar-refractivity contribution is 7.27. The van der Waals surface area contributed by atoms with E-state index in [-0.39, 0.29) is 0 Å². The Morgan fingerprint density at radius 2 is 1.13 bits per heavy atom. The second-order valence-corrected chi connectivity index (χ2v) is 14.7. The zero-order valence-corrected chi connectivity index (χ0v) is 29.1. The molecule has 53 heavy (non-hydrogen) atoms. The molecule has 12 aromatic rings. The molecular weight excluding hydrogens is 667 g/mol. The van der Waals surface area contributed by atoms with Crippen LogP contribution in [0, 0.1) is 0 Å². The van der Waals surface area contributed by atoms with Crippen molar-refractivity contribution in [2.45, 2.75) is 0 Å². The maximum atomic E-state index is 6.55. The van der Waals surface area contributed by atoms with Gasteiger partial charge in [-0.15, -0.1) is 11.3 Å². The fourth-order valence-electron chi connectivity index (χ4n) is 8.53. The van der Waals surface area contributed by atoms with Gasteiger partial charge in [0.05, 0.1) is 22.1 Å². The van der Waals surface area contributed by atoms with Crippen LogP contribution in [0.25, 0.3) is 114 Å². The summed E-state index contributed by atoms with van der Waals surface area (Å²) in [5.74, 6) is 0.585. The van der Waals surface area contributed by atoms with E-state index in [1.165, 1.54) is 58.1 Å². The Kier molecular flexibility index (Phi) is 5.90. The summed E-state index contributed by atoms with van der Waals surface area (Å²) < 4.78 is 11.4. The molecule has 0 amide bonds. The van der Waals surface area contributed by atoms with Crippen LogP contribution in [0.5, 0.6) is 0 Å². The lowest BCUT2D eigenvalue weighted by molar-refractivity contribution is 0.651. The summed E-state index contributed by atoms with van der Waals surface area (Å²) in [6.45, 7) is 0. The van der Waals surface area contributed by atoms with Crippen molar-refractivity contribution in [3.63, 3.8) is 0 Å². The lowest BCUT2D eigenvalue weighted by Crippen LogP contribution is -2.03. The Bertz CT molecular complexity index is 3450. The summed E-state index contributed by atoms with van der Waals surface area (Å²) in [4.78, 5) is 10.8. The van der Waals surface area contributed by atoms with E-state index in [4.69, 9.17) is 14.4 Å². The van der Waals surface area contributed by atoms with Crippen LogP contribution < -0.4 is 0 Å². The highest BCUT2D eigenvalue weighted by Crippen LogP contribution is 2.48. The van der Waals surface area contributed by atoms with Crippen molar-refractivity contribution in [3.05, 3.63) is 164 Å². The Balaban J connectivity index is 1.18. The molecule has 0 unspecified atom stereocenters. The fourth-order valence-corrected chi connectivity index (χ4v) is 9.81. The zero-order chi connectivity index (χ0) is 34.6. The summed E-state index contributed by atoms with van der Waals surface area (Å²) in [5, 5.41) is 11.8. The molecule has 0 aliphatic rings. The highest BCUT2D eigenvalue weighted by Gasteiger charge is 2.25. The molecule has 0 bridgehead atoms. The standard InChI is InChI=1S/C48H27N3OS/c1-2-14-31-28(12-1)13-11-20-32(31)29-24-26-30(27-25-29)44-42-36-18-6-9-22-39(36)52-47(42)50-48(49-44)51-38-21-8-5-17-35(38)43-45(51)34-16-4-3-15-33(34)41-37-19-7-10-23-40(37)53-46(41)43/h1-27H. The maximum absolute atomic E-state index is 6.55. The van der Waals surface area contributed by atoms with Crippen molar-refractivity contribution in [2.75, 3.05) is 0 Å². The van der Waals surface area contributed by atoms with Gasteiger partial charge in [0.15, 0.2) is 0 Å². The van der Waals surface area contributed by atoms with Crippen LogP contribution in [0.2, 0.25) is 0 Å². The first kappa shape index (κ1) is 28.8. The van der Waals surface area contributed by atoms with E-state index >= 15 is 0 Å². The quantitative estimate of drug-likeness (QED) is 0.185. The minimum atomic E-state index is 0.572. The first-order chi connectivity index (χ1) is 26.3. The van der Waals surface area contributed by atoms with Gasteiger partial charge in [-0.2, -0.15) is 4.98 Å². The molecule has 0 N–H and O–H groups in total. The molecule has 0 spiro atoms. The largest absolute Gasteiger partial charge is 0.437 e. The molecule has 8 aromatic carbocycles. The number of hydrogen-bond acceptors (Lipinski definition) is 4. The molecule has 5 heteroatoms. The number of para-hydroxylation sites is 2. The molecule has 4 aromatic heterocycles. The minimum absolute atomic E-state index is 0.572. The molecule has 0 fully saturated rings. The van der Waals surface area contributed by atoms with Gasteiger partial charge < -0.3 is 4.42 Å². The predicted octanol–water partition coefficient (Wildman–Crippen LogP) is 13.5. The van der Waals surface area contributed by atoms with E-state index in [1.54, 1.807) is 0 Å². The van der Waals surface area contributed by atoms with Crippen LogP contribution in [0.4, 0.5) is 0 Å². The third-order valence-electron chi connectivity index (χ3n) is 10.8. The molecule has 0 saturated carbocycles. The number of aromatic nitrogens is 3. The monoisotopic (exact) mass is 693 g/mol. The second-order valence-electron chi connectivity index (χ2n) is 13.7. The van der Waals surface area contributed by atoms with Crippen LogP contribution >= 0.6 is 11.3 Å². The van der Waals surface area contributed by atoms with E-state index in [9.17, 15) is 0 Å².